The molecule has 0 bridgehead atoms. The summed E-state index contributed by atoms with van der Waals surface area (Å²) in [6.45, 7) is 0. The van der Waals surface area contributed by atoms with E-state index >= 15 is 0 Å². The van der Waals surface area contributed by atoms with E-state index in [1.54, 1.807) is 6.26 Å². The number of carboxylic acid groups (broad SMARTS) is 1. The van der Waals surface area contributed by atoms with Crippen molar-refractivity contribution in [1.29, 1.82) is 0 Å². The largest absolute Gasteiger partial charge is 0.481 e. The fraction of sp³-hybridized carbons (Fsp3) is 0.364. The van der Waals surface area contributed by atoms with Crippen LogP contribution in [0.15, 0.2) is 47.4 Å². The minimum Gasteiger partial charge on any atom is -0.481 e. The molecule has 146 valence electrons. The Balaban J connectivity index is 1.84. The van der Waals surface area contributed by atoms with Gasteiger partial charge in [0.15, 0.2) is 17.8 Å². The molecule has 6 heteroatoms. The van der Waals surface area contributed by atoms with Crippen molar-refractivity contribution in [2.45, 2.75) is 49.1 Å². The van der Waals surface area contributed by atoms with Crippen LogP contribution < -0.4 is 0 Å². The topological polar surface area (TPSA) is 57.4 Å². The molecular weight excluding hydrogens is 394 g/mol. The van der Waals surface area contributed by atoms with Crippen molar-refractivity contribution < 1.29 is 18.7 Å². The summed E-state index contributed by atoms with van der Waals surface area (Å²) in [5, 5.41) is 10.1. The van der Waals surface area contributed by atoms with Gasteiger partial charge in [-0.05, 0) is 36.2 Å². The van der Waals surface area contributed by atoms with E-state index in [0.29, 0.717) is 5.02 Å². The van der Waals surface area contributed by atoms with Crippen LogP contribution in [0.3, 0.4) is 0 Å². The van der Waals surface area contributed by atoms with Crippen LogP contribution in [0.4, 0.5) is 0 Å². The lowest BCUT2D eigenvalue weighted by Crippen LogP contribution is -2.37. The lowest BCUT2D eigenvalue weighted by molar-refractivity contribution is -0.607. The second-order valence-corrected chi connectivity index (χ2v) is 9.30. The monoisotopic (exact) mass is 416 g/mol. The Kier molecular flexibility index (Phi) is 5.39. The number of benzene rings is 2. The van der Waals surface area contributed by atoms with Gasteiger partial charge in [-0.25, -0.2) is 4.58 Å². The maximum atomic E-state index is 12.5. The number of hydrogen-bond donors (Lipinski definition) is 1. The molecule has 2 aromatic rings. The van der Waals surface area contributed by atoms with E-state index < -0.39 is 16.8 Å². The van der Waals surface area contributed by atoms with Gasteiger partial charge in [0.25, 0.3) is 0 Å². The van der Waals surface area contributed by atoms with E-state index in [4.69, 9.17) is 11.6 Å². The number of carbonyl (C=O) groups is 1. The normalized spacial score (nSPS) is 21.9. The van der Waals surface area contributed by atoms with Gasteiger partial charge in [0, 0.05) is 41.0 Å². The van der Waals surface area contributed by atoms with Crippen LogP contribution in [0.2, 0.25) is 5.02 Å². The Morgan fingerprint density at radius 3 is 2.68 bits per heavy atom. The van der Waals surface area contributed by atoms with Gasteiger partial charge < -0.3 is 5.11 Å². The van der Waals surface area contributed by atoms with Gasteiger partial charge >= 0.3 is 5.97 Å². The van der Waals surface area contributed by atoms with Crippen LogP contribution >= 0.6 is 11.6 Å². The second kappa shape index (κ2) is 7.80. The first kappa shape index (κ1) is 19.3. The molecule has 0 radical (unpaired) electrons. The first-order chi connectivity index (χ1) is 13.5. The Labute approximate surface area is 172 Å². The predicted octanol–water partition coefficient (Wildman–Crippen LogP) is 4.20. The number of fused-ring (bicyclic) bond motifs is 2. The third-order valence-corrected chi connectivity index (χ3v) is 6.99. The Morgan fingerprint density at radius 1 is 1.25 bits per heavy atom. The quantitative estimate of drug-likeness (QED) is 0.743. The zero-order valence-electron chi connectivity index (χ0n) is 15.7. The molecule has 28 heavy (non-hydrogen) atoms. The third kappa shape index (κ3) is 3.53. The number of aliphatic carboxylic acids is 1. The van der Waals surface area contributed by atoms with Gasteiger partial charge in [0.2, 0.25) is 0 Å². The van der Waals surface area contributed by atoms with Crippen molar-refractivity contribution in [3.05, 3.63) is 64.2 Å². The van der Waals surface area contributed by atoms with Gasteiger partial charge in [-0.15, -0.1) is 0 Å². The van der Waals surface area contributed by atoms with Gasteiger partial charge in [-0.1, -0.05) is 29.8 Å². The molecule has 2 aliphatic heterocycles. The predicted molar refractivity (Wildman–Crippen MR) is 111 cm³/mol. The van der Waals surface area contributed by atoms with Crippen LogP contribution in [-0.2, 0) is 22.0 Å². The highest BCUT2D eigenvalue weighted by Gasteiger charge is 2.46. The van der Waals surface area contributed by atoms with Crippen LogP contribution in [0.5, 0.6) is 0 Å². The zero-order chi connectivity index (χ0) is 19.8. The summed E-state index contributed by atoms with van der Waals surface area (Å²) in [6.07, 6.45) is 5.35. The van der Waals surface area contributed by atoms with Gasteiger partial charge in [0.1, 0.15) is 6.42 Å². The van der Waals surface area contributed by atoms with Gasteiger partial charge in [0.05, 0.1) is 16.4 Å². The molecule has 1 N–H and O–H groups in total. The Bertz CT molecular complexity index is 984. The molecule has 0 fully saturated rings. The maximum Gasteiger partial charge on any atom is 0.310 e. The molecule has 2 aliphatic rings. The van der Waals surface area contributed by atoms with Crippen LogP contribution in [0.25, 0.3) is 0 Å². The number of carboxylic acids is 1. The molecule has 2 heterocycles. The zero-order valence-corrected chi connectivity index (χ0v) is 17.3. The van der Waals surface area contributed by atoms with Crippen molar-refractivity contribution in [3.63, 3.8) is 0 Å². The van der Waals surface area contributed by atoms with E-state index in [1.807, 2.05) is 36.4 Å². The summed E-state index contributed by atoms with van der Waals surface area (Å²) in [7, 11) is -1.11. The van der Waals surface area contributed by atoms with Gasteiger partial charge in [-0.3, -0.25) is 9.00 Å². The SMILES string of the molecule is CS(=O)c1cccc2c1C(Cc1ccc(Cl)cc1)[N+]1=C2CCC[C@@H]1CC(=O)O. The molecule has 0 amide bonds. The average Bonchev–Trinajstić information content (AvgIpc) is 2.98. The number of halogens is 1. The molecular formula is C22H23ClNO3S+. The number of rotatable bonds is 5. The van der Waals surface area contributed by atoms with Crippen molar-refractivity contribution in [2.24, 2.45) is 0 Å². The highest BCUT2D eigenvalue weighted by atomic mass is 35.5. The Hall–Kier alpha value is -1.98. The van der Waals surface area contributed by atoms with Crippen molar-refractivity contribution in [1.82, 2.24) is 0 Å². The summed E-state index contributed by atoms with van der Waals surface area (Å²) in [5.74, 6) is -0.772. The summed E-state index contributed by atoms with van der Waals surface area (Å²) < 4.78 is 14.8. The van der Waals surface area contributed by atoms with E-state index in [0.717, 1.165) is 47.3 Å². The maximum absolute atomic E-state index is 12.5. The molecule has 0 aromatic heterocycles. The molecule has 0 spiro atoms. The minimum atomic E-state index is -1.11. The molecule has 2 aromatic carbocycles. The van der Waals surface area contributed by atoms with Gasteiger partial charge in [-0.2, -0.15) is 0 Å². The van der Waals surface area contributed by atoms with E-state index in [2.05, 4.69) is 10.6 Å². The molecule has 0 saturated heterocycles. The van der Waals surface area contributed by atoms with Crippen molar-refractivity contribution in [3.8, 4) is 0 Å². The lowest BCUT2D eigenvalue weighted by Gasteiger charge is -2.23. The summed E-state index contributed by atoms with van der Waals surface area (Å²) in [4.78, 5) is 12.4. The molecule has 4 rings (SSSR count). The number of nitrogens with zero attached hydrogens (tertiary/aromatic N) is 1. The van der Waals surface area contributed by atoms with E-state index in [-0.39, 0.29) is 18.5 Å². The van der Waals surface area contributed by atoms with Crippen molar-refractivity contribution >= 4 is 34.1 Å². The van der Waals surface area contributed by atoms with Crippen LogP contribution in [-0.4, -0.2) is 37.9 Å². The van der Waals surface area contributed by atoms with Crippen molar-refractivity contribution in [2.75, 3.05) is 6.26 Å². The second-order valence-electron chi connectivity index (χ2n) is 7.52. The third-order valence-electron chi connectivity index (χ3n) is 5.76. The molecule has 3 atom stereocenters. The lowest BCUT2D eigenvalue weighted by atomic mass is 9.96. The summed E-state index contributed by atoms with van der Waals surface area (Å²) in [6, 6.07) is 13.8. The minimum absolute atomic E-state index is 0.00377. The first-order valence-corrected chi connectivity index (χ1v) is 11.5. The molecule has 0 saturated carbocycles. The van der Waals surface area contributed by atoms with E-state index in [1.165, 1.54) is 5.71 Å². The average molecular weight is 417 g/mol. The molecule has 4 nitrogen and oxygen atoms in total. The van der Waals surface area contributed by atoms with Crippen LogP contribution in [0, 0.1) is 0 Å². The highest BCUT2D eigenvalue weighted by Crippen LogP contribution is 2.41. The smallest absolute Gasteiger partial charge is 0.310 e. The summed E-state index contributed by atoms with van der Waals surface area (Å²) >= 11 is 6.05. The summed E-state index contributed by atoms with van der Waals surface area (Å²) in [5.41, 5.74) is 4.59. The molecule has 2 unspecified atom stereocenters. The fourth-order valence-corrected chi connectivity index (χ4v) is 5.64. The van der Waals surface area contributed by atoms with E-state index in [9.17, 15) is 14.1 Å². The molecule has 0 aliphatic carbocycles. The highest BCUT2D eigenvalue weighted by molar-refractivity contribution is 7.84. The Morgan fingerprint density at radius 2 is 2.00 bits per heavy atom. The fourth-order valence-electron chi connectivity index (χ4n) is 4.69. The number of hydrogen-bond acceptors (Lipinski definition) is 2. The van der Waals surface area contributed by atoms with Crippen LogP contribution in [0.1, 0.15) is 48.4 Å². The first-order valence-electron chi connectivity index (χ1n) is 9.53. The standard InChI is InChI=1S/C22H22ClNO3S/c1-28(27)20-7-3-5-17-18-6-2-4-16(13-21(25)26)24(18)19(22(17)20)12-14-8-10-15(23)11-9-14/h3,5,7-11,16,19H,2,4,6,12-13H2,1H3/p+1/t16-,19?,28?/m1/s1.